The van der Waals surface area contributed by atoms with Crippen LogP contribution in [-0.2, 0) is 10.2 Å². The summed E-state index contributed by atoms with van der Waals surface area (Å²) in [6.07, 6.45) is 6.86. The second kappa shape index (κ2) is 6.24. The Morgan fingerprint density at radius 3 is 2.81 bits per heavy atom. The van der Waals surface area contributed by atoms with Crippen LogP contribution in [0.15, 0.2) is 36.7 Å². The molecule has 1 aliphatic rings. The molecule has 0 radical (unpaired) electrons. The lowest BCUT2D eigenvalue weighted by atomic mass is 9.86. The Morgan fingerprint density at radius 1 is 1.23 bits per heavy atom. The van der Waals surface area contributed by atoms with E-state index in [9.17, 15) is 4.79 Å². The van der Waals surface area contributed by atoms with Crippen molar-refractivity contribution in [3.63, 3.8) is 0 Å². The maximum atomic E-state index is 13.0. The number of carbonyl (C=O) groups is 1. The van der Waals surface area contributed by atoms with E-state index < -0.39 is 5.41 Å². The van der Waals surface area contributed by atoms with Crippen LogP contribution in [0.4, 0.5) is 5.69 Å². The molecule has 4 rings (SSSR count). The van der Waals surface area contributed by atoms with Gasteiger partial charge in [-0.05, 0) is 50.1 Å². The van der Waals surface area contributed by atoms with Crippen molar-refractivity contribution in [1.29, 1.82) is 0 Å². The third-order valence-electron chi connectivity index (χ3n) is 5.26. The maximum absolute atomic E-state index is 13.0. The lowest BCUT2D eigenvalue weighted by Gasteiger charge is -2.20. The van der Waals surface area contributed by atoms with Gasteiger partial charge in [0.05, 0.1) is 22.1 Å². The number of benzene rings is 1. The lowest BCUT2D eigenvalue weighted by molar-refractivity contribution is -0.122. The molecule has 0 aliphatic carbocycles. The van der Waals surface area contributed by atoms with Crippen molar-refractivity contribution in [2.45, 2.75) is 45.4 Å². The summed E-state index contributed by atoms with van der Waals surface area (Å²) in [4.78, 5) is 27.2. The molecule has 0 saturated carbocycles. The highest BCUT2D eigenvalue weighted by atomic mass is 16.2. The minimum absolute atomic E-state index is 0.184. The van der Waals surface area contributed by atoms with Crippen LogP contribution in [0.1, 0.15) is 45.6 Å². The van der Waals surface area contributed by atoms with E-state index in [0.717, 1.165) is 59.5 Å². The summed E-state index contributed by atoms with van der Waals surface area (Å²) in [5, 5.41) is 0. The molecule has 1 aliphatic heterocycles. The number of imidazole rings is 1. The van der Waals surface area contributed by atoms with Crippen LogP contribution in [0.5, 0.6) is 0 Å². The Hall–Kier alpha value is -2.69. The molecule has 1 amide bonds. The fourth-order valence-electron chi connectivity index (χ4n) is 3.71. The summed E-state index contributed by atoms with van der Waals surface area (Å²) < 4.78 is 0. The summed E-state index contributed by atoms with van der Waals surface area (Å²) in [6, 6.07) is 8.04. The molecule has 134 valence electrons. The number of unbranched alkanes of at least 4 members (excludes halogenated alkanes) is 2. The van der Waals surface area contributed by atoms with Gasteiger partial charge in [-0.2, -0.15) is 0 Å². The average molecular weight is 348 g/mol. The number of aromatic amines is 1. The first-order valence-corrected chi connectivity index (χ1v) is 9.29. The van der Waals surface area contributed by atoms with E-state index in [-0.39, 0.29) is 5.91 Å². The van der Waals surface area contributed by atoms with Crippen molar-refractivity contribution in [2.24, 2.45) is 0 Å². The quantitative estimate of drug-likeness (QED) is 0.693. The Morgan fingerprint density at radius 2 is 2.08 bits per heavy atom. The molecule has 0 atom stereocenters. The largest absolute Gasteiger partial charge is 0.338 e. The lowest BCUT2D eigenvalue weighted by Crippen LogP contribution is -2.36. The molecule has 3 aromatic rings. The van der Waals surface area contributed by atoms with E-state index in [4.69, 9.17) is 4.98 Å². The van der Waals surface area contributed by atoms with Crippen molar-refractivity contribution >= 4 is 22.6 Å². The van der Waals surface area contributed by atoms with Gasteiger partial charge in [-0.3, -0.25) is 9.78 Å². The van der Waals surface area contributed by atoms with Gasteiger partial charge in [0.25, 0.3) is 0 Å². The van der Waals surface area contributed by atoms with Gasteiger partial charge in [0.15, 0.2) is 0 Å². The zero-order valence-corrected chi connectivity index (χ0v) is 15.5. The molecule has 0 unspecified atom stereocenters. The fourth-order valence-corrected chi connectivity index (χ4v) is 3.71. The molecule has 3 heterocycles. The van der Waals surface area contributed by atoms with Gasteiger partial charge in [0.2, 0.25) is 5.91 Å². The van der Waals surface area contributed by atoms with Gasteiger partial charge in [-0.25, -0.2) is 4.98 Å². The number of aromatic nitrogens is 3. The van der Waals surface area contributed by atoms with Crippen LogP contribution in [0.2, 0.25) is 0 Å². The third kappa shape index (κ3) is 2.59. The highest BCUT2D eigenvalue weighted by Crippen LogP contribution is 2.43. The zero-order valence-electron chi connectivity index (χ0n) is 15.5. The number of hydrogen-bond acceptors (Lipinski definition) is 3. The summed E-state index contributed by atoms with van der Waals surface area (Å²) in [5.41, 5.74) is 4.37. The molecule has 1 aromatic carbocycles. The number of nitrogens with one attached hydrogen (secondary N) is 1. The number of nitrogens with zero attached hydrogens (tertiary/aromatic N) is 3. The first kappa shape index (κ1) is 16.8. The molecule has 1 N–H and O–H groups in total. The van der Waals surface area contributed by atoms with Crippen molar-refractivity contribution in [1.82, 2.24) is 15.0 Å². The van der Waals surface area contributed by atoms with Gasteiger partial charge < -0.3 is 9.88 Å². The minimum atomic E-state index is -0.511. The van der Waals surface area contributed by atoms with Crippen LogP contribution in [0.3, 0.4) is 0 Å². The first-order valence-electron chi connectivity index (χ1n) is 9.29. The van der Waals surface area contributed by atoms with Crippen molar-refractivity contribution < 1.29 is 4.79 Å². The Labute approximate surface area is 153 Å². The average Bonchev–Trinajstić information content (AvgIpc) is 3.14. The normalized spacial score (nSPS) is 15.7. The Balaban J connectivity index is 1.79. The first-order chi connectivity index (χ1) is 12.5. The summed E-state index contributed by atoms with van der Waals surface area (Å²) in [7, 11) is 0. The van der Waals surface area contributed by atoms with E-state index in [1.807, 2.05) is 30.9 Å². The number of rotatable bonds is 5. The highest BCUT2D eigenvalue weighted by Gasteiger charge is 2.43. The van der Waals surface area contributed by atoms with Gasteiger partial charge in [0.1, 0.15) is 5.82 Å². The van der Waals surface area contributed by atoms with Crippen LogP contribution < -0.4 is 4.90 Å². The molecule has 26 heavy (non-hydrogen) atoms. The number of anilines is 1. The predicted octanol–water partition coefficient (Wildman–Crippen LogP) is 4.44. The van der Waals surface area contributed by atoms with Crippen LogP contribution in [0, 0.1) is 0 Å². The number of H-pyrrole nitrogens is 1. The third-order valence-corrected chi connectivity index (χ3v) is 5.26. The van der Waals surface area contributed by atoms with Crippen molar-refractivity contribution in [3.8, 4) is 11.4 Å². The SMILES string of the molecule is CCCCCN1C(=O)C(C)(C)c2cc3nc(-c4cccnc4)[nH]c3cc21. The molecule has 0 spiro atoms. The van der Waals surface area contributed by atoms with Crippen LogP contribution in [-0.4, -0.2) is 27.4 Å². The van der Waals surface area contributed by atoms with Crippen molar-refractivity contribution in [3.05, 3.63) is 42.2 Å². The van der Waals surface area contributed by atoms with E-state index in [1.165, 1.54) is 0 Å². The monoisotopic (exact) mass is 348 g/mol. The van der Waals surface area contributed by atoms with Gasteiger partial charge in [-0.1, -0.05) is 19.8 Å². The molecule has 5 nitrogen and oxygen atoms in total. The van der Waals surface area contributed by atoms with Gasteiger partial charge in [-0.15, -0.1) is 0 Å². The van der Waals surface area contributed by atoms with E-state index in [1.54, 1.807) is 12.4 Å². The van der Waals surface area contributed by atoms with Crippen LogP contribution in [0.25, 0.3) is 22.4 Å². The highest BCUT2D eigenvalue weighted by molar-refractivity contribution is 6.09. The number of amides is 1. The molecular weight excluding hydrogens is 324 g/mol. The fraction of sp³-hybridized carbons (Fsp3) is 0.381. The summed E-state index contributed by atoms with van der Waals surface area (Å²) in [5.74, 6) is 0.988. The molecule has 2 aromatic heterocycles. The van der Waals surface area contributed by atoms with Gasteiger partial charge >= 0.3 is 0 Å². The second-order valence-electron chi connectivity index (χ2n) is 7.50. The maximum Gasteiger partial charge on any atom is 0.237 e. The zero-order chi connectivity index (χ0) is 18.3. The van der Waals surface area contributed by atoms with E-state index >= 15 is 0 Å². The van der Waals surface area contributed by atoms with Gasteiger partial charge in [0, 0.05) is 24.5 Å². The van der Waals surface area contributed by atoms with E-state index in [2.05, 4.69) is 29.0 Å². The molecule has 5 heteroatoms. The second-order valence-corrected chi connectivity index (χ2v) is 7.50. The number of hydrogen-bond donors (Lipinski definition) is 1. The minimum Gasteiger partial charge on any atom is -0.338 e. The summed E-state index contributed by atoms with van der Waals surface area (Å²) in [6.45, 7) is 6.97. The molecular formula is C21H24N4O. The van der Waals surface area contributed by atoms with Crippen molar-refractivity contribution in [2.75, 3.05) is 11.4 Å². The molecule has 0 fully saturated rings. The smallest absolute Gasteiger partial charge is 0.237 e. The molecule has 0 saturated heterocycles. The topological polar surface area (TPSA) is 61.9 Å². The standard InChI is InChI=1S/C21H24N4O/c1-4-5-6-10-25-18-12-17-16(11-15(18)21(2,3)20(25)26)23-19(24-17)14-8-7-9-22-13-14/h7-9,11-13H,4-6,10H2,1-3H3,(H,23,24). The predicted molar refractivity (Wildman–Crippen MR) is 104 cm³/mol. The number of pyridine rings is 1. The number of fused-ring (bicyclic) bond motifs is 2. The summed E-state index contributed by atoms with van der Waals surface area (Å²) >= 11 is 0. The van der Waals surface area contributed by atoms with E-state index in [0.29, 0.717) is 0 Å². The Kier molecular flexibility index (Phi) is 4.02. The Bertz CT molecular complexity index is 959. The molecule has 0 bridgehead atoms. The van der Waals surface area contributed by atoms with Crippen LogP contribution >= 0.6 is 0 Å². The number of carbonyl (C=O) groups excluding carboxylic acids is 1.